The molecule has 7 nitrogen and oxygen atoms in total. The van der Waals surface area contributed by atoms with Crippen molar-refractivity contribution in [3.05, 3.63) is 64.4 Å². The van der Waals surface area contributed by atoms with Gasteiger partial charge in [-0.15, -0.1) is 11.3 Å². The number of ketones is 1. The fourth-order valence-electron chi connectivity index (χ4n) is 3.96. The SMILES string of the molecule is Cc1nc2ccccn2c1-c1nc(C2CC2)c(C(=O)c2ccc3c(c2)NC(=O)CO3)s1. The summed E-state index contributed by atoms with van der Waals surface area (Å²) in [5.74, 6) is 0.590. The molecule has 8 heteroatoms. The molecule has 1 aliphatic heterocycles. The number of rotatable bonds is 4. The van der Waals surface area contributed by atoms with Gasteiger partial charge < -0.3 is 10.1 Å². The number of benzene rings is 1. The highest BCUT2D eigenvalue weighted by Gasteiger charge is 2.33. The number of fused-ring (bicyclic) bond motifs is 2. The van der Waals surface area contributed by atoms with Crippen LogP contribution in [0, 0.1) is 6.92 Å². The molecule has 1 aromatic carbocycles. The van der Waals surface area contributed by atoms with Gasteiger partial charge in [0.2, 0.25) is 5.78 Å². The highest BCUT2D eigenvalue weighted by Crippen LogP contribution is 2.45. The first-order valence-electron chi connectivity index (χ1n) is 10.1. The van der Waals surface area contributed by atoms with Crippen molar-refractivity contribution < 1.29 is 14.3 Å². The molecule has 4 heterocycles. The topological polar surface area (TPSA) is 85.6 Å². The largest absolute Gasteiger partial charge is 0.482 e. The Morgan fingerprint density at radius 2 is 2.10 bits per heavy atom. The molecule has 1 amide bonds. The van der Waals surface area contributed by atoms with Crippen LogP contribution in [0.1, 0.15) is 45.4 Å². The second kappa shape index (κ2) is 6.75. The van der Waals surface area contributed by atoms with E-state index < -0.39 is 0 Å². The van der Waals surface area contributed by atoms with Crippen molar-refractivity contribution in [3.63, 3.8) is 0 Å². The van der Waals surface area contributed by atoms with Gasteiger partial charge in [0.1, 0.15) is 22.1 Å². The van der Waals surface area contributed by atoms with Crippen molar-refractivity contribution in [2.24, 2.45) is 0 Å². The monoisotopic (exact) mass is 430 g/mol. The van der Waals surface area contributed by atoms with Gasteiger partial charge in [-0.3, -0.25) is 14.0 Å². The van der Waals surface area contributed by atoms with Gasteiger partial charge in [0, 0.05) is 17.7 Å². The van der Waals surface area contributed by atoms with Crippen LogP contribution in [0.2, 0.25) is 0 Å². The minimum absolute atomic E-state index is 0.0109. The van der Waals surface area contributed by atoms with E-state index in [-0.39, 0.29) is 18.3 Å². The zero-order chi connectivity index (χ0) is 21.1. The fourth-order valence-corrected chi connectivity index (χ4v) is 5.16. The van der Waals surface area contributed by atoms with E-state index >= 15 is 0 Å². The van der Waals surface area contributed by atoms with E-state index in [4.69, 9.17) is 9.72 Å². The van der Waals surface area contributed by atoms with Crippen molar-refractivity contribution in [1.29, 1.82) is 0 Å². The molecule has 0 atom stereocenters. The first-order chi connectivity index (χ1) is 15.1. The minimum Gasteiger partial charge on any atom is -0.482 e. The zero-order valence-corrected chi connectivity index (χ0v) is 17.5. The first-order valence-corrected chi connectivity index (χ1v) is 11.0. The van der Waals surface area contributed by atoms with Crippen LogP contribution in [0.5, 0.6) is 5.75 Å². The van der Waals surface area contributed by atoms with Gasteiger partial charge >= 0.3 is 0 Å². The molecule has 0 saturated heterocycles. The van der Waals surface area contributed by atoms with E-state index in [1.807, 2.05) is 35.7 Å². The van der Waals surface area contributed by atoms with Crippen LogP contribution in [-0.2, 0) is 4.79 Å². The summed E-state index contributed by atoms with van der Waals surface area (Å²) >= 11 is 1.42. The number of nitrogens with one attached hydrogen (secondary N) is 1. The lowest BCUT2D eigenvalue weighted by Gasteiger charge is -2.18. The van der Waals surface area contributed by atoms with E-state index in [2.05, 4.69) is 10.3 Å². The molecule has 0 spiro atoms. The van der Waals surface area contributed by atoms with Gasteiger partial charge in [0.15, 0.2) is 6.61 Å². The number of thiazole rings is 1. The number of carbonyl (C=O) groups is 2. The molecule has 3 aromatic heterocycles. The molecule has 4 aromatic rings. The molecule has 1 aliphatic carbocycles. The summed E-state index contributed by atoms with van der Waals surface area (Å²) < 4.78 is 7.43. The summed E-state index contributed by atoms with van der Waals surface area (Å²) in [7, 11) is 0. The van der Waals surface area contributed by atoms with Crippen LogP contribution < -0.4 is 10.1 Å². The van der Waals surface area contributed by atoms with Crippen LogP contribution in [0.15, 0.2) is 42.6 Å². The third-order valence-corrected chi connectivity index (χ3v) is 6.68. The second-order valence-electron chi connectivity index (χ2n) is 7.86. The number of aromatic nitrogens is 3. The van der Waals surface area contributed by atoms with E-state index in [0.29, 0.717) is 27.8 Å². The van der Waals surface area contributed by atoms with E-state index in [1.54, 1.807) is 18.2 Å². The van der Waals surface area contributed by atoms with Gasteiger partial charge in [-0.25, -0.2) is 9.97 Å². The lowest BCUT2D eigenvalue weighted by molar-refractivity contribution is -0.118. The highest BCUT2D eigenvalue weighted by atomic mass is 32.1. The van der Waals surface area contributed by atoms with Crippen LogP contribution in [0.3, 0.4) is 0 Å². The Morgan fingerprint density at radius 3 is 2.94 bits per heavy atom. The smallest absolute Gasteiger partial charge is 0.262 e. The summed E-state index contributed by atoms with van der Waals surface area (Å²) in [6, 6.07) is 11.0. The normalized spacial score (nSPS) is 15.5. The van der Waals surface area contributed by atoms with Crippen LogP contribution in [0.4, 0.5) is 5.69 Å². The molecule has 2 aliphatic rings. The van der Waals surface area contributed by atoms with Crippen LogP contribution >= 0.6 is 11.3 Å². The maximum Gasteiger partial charge on any atom is 0.262 e. The number of hydrogen-bond donors (Lipinski definition) is 1. The Bertz CT molecular complexity index is 1380. The Kier molecular flexibility index (Phi) is 3.97. The number of carbonyl (C=O) groups excluding carboxylic acids is 2. The molecule has 31 heavy (non-hydrogen) atoms. The number of imidazole rings is 1. The average molecular weight is 430 g/mol. The Balaban J connectivity index is 1.45. The average Bonchev–Trinajstić information content (AvgIpc) is 3.44. The maximum atomic E-state index is 13.5. The number of amides is 1. The zero-order valence-electron chi connectivity index (χ0n) is 16.7. The molecule has 154 valence electrons. The van der Waals surface area contributed by atoms with Crippen molar-refractivity contribution >= 4 is 34.4 Å². The number of anilines is 1. The van der Waals surface area contributed by atoms with Gasteiger partial charge in [-0.05, 0) is 50.1 Å². The second-order valence-corrected chi connectivity index (χ2v) is 8.86. The fraction of sp³-hybridized carbons (Fsp3) is 0.217. The molecule has 6 rings (SSSR count). The predicted molar refractivity (Wildman–Crippen MR) is 117 cm³/mol. The minimum atomic E-state index is -0.223. The first kappa shape index (κ1) is 18.3. The van der Waals surface area contributed by atoms with Crippen molar-refractivity contribution in [3.8, 4) is 16.5 Å². The number of hydrogen-bond acceptors (Lipinski definition) is 6. The molecule has 0 radical (unpaired) electrons. The summed E-state index contributed by atoms with van der Waals surface area (Å²) in [6.45, 7) is 1.96. The Hall–Kier alpha value is -3.52. The maximum absolute atomic E-state index is 13.5. The number of aryl methyl sites for hydroxylation is 1. The van der Waals surface area contributed by atoms with E-state index in [1.165, 1.54) is 11.3 Å². The van der Waals surface area contributed by atoms with E-state index in [9.17, 15) is 9.59 Å². The third-order valence-electron chi connectivity index (χ3n) is 5.61. The highest BCUT2D eigenvalue weighted by molar-refractivity contribution is 7.17. The quantitative estimate of drug-likeness (QED) is 0.490. The molecular formula is C23H18N4O3S. The van der Waals surface area contributed by atoms with Crippen molar-refractivity contribution in [2.75, 3.05) is 11.9 Å². The lowest BCUT2D eigenvalue weighted by Crippen LogP contribution is -2.25. The van der Waals surface area contributed by atoms with Gasteiger partial charge in [0.25, 0.3) is 5.91 Å². The molecule has 1 N–H and O–H groups in total. The molecule has 1 fully saturated rings. The molecule has 1 saturated carbocycles. The molecular weight excluding hydrogens is 412 g/mol. The Morgan fingerprint density at radius 1 is 1.23 bits per heavy atom. The standard InChI is InChI=1S/C23H18N4O3S/c1-12-20(27-9-3-2-4-17(27)24-12)23-26-19(13-5-6-13)22(31-23)21(29)14-7-8-16-15(10-14)25-18(28)11-30-16/h2-4,7-10,13H,5-6,11H2,1H3,(H,25,28). The van der Waals surface area contributed by atoms with Gasteiger partial charge in [-0.2, -0.15) is 0 Å². The number of nitrogens with zero attached hydrogens (tertiary/aromatic N) is 3. The number of pyridine rings is 1. The third kappa shape index (κ3) is 3.02. The molecule has 0 bridgehead atoms. The van der Waals surface area contributed by atoms with Crippen molar-refractivity contribution in [2.45, 2.75) is 25.7 Å². The van der Waals surface area contributed by atoms with Gasteiger partial charge in [-0.1, -0.05) is 6.07 Å². The number of ether oxygens (including phenoxy) is 1. The van der Waals surface area contributed by atoms with Gasteiger partial charge in [0.05, 0.1) is 22.0 Å². The van der Waals surface area contributed by atoms with Crippen LogP contribution in [0.25, 0.3) is 16.3 Å². The summed E-state index contributed by atoms with van der Waals surface area (Å²) in [5.41, 5.74) is 4.57. The summed E-state index contributed by atoms with van der Waals surface area (Å²) in [4.78, 5) is 35.4. The summed E-state index contributed by atoms with van der Waals surface area (Å²) in [6.07, 6.45) is 4.06. The van der Waals surface area contributed by atoms with Crippen molar-refractivity contribution in [1.82, 2.24) is 14.4 Å². The summed E-state index contributed by atoms with van der Waals surface area (Å²) in [5, 5.41) is 3.57. The van der Waals surface area contributed by atoms with E-state index in [0.717, 1.165) is 40.6 Å². The molecule has 0 unspecified atom stereocenters. The predicted octanol–water partition coefficient (Wildman–Crippen LogP) is 4.21. The Labute approximate surface area is 181 Å². The van der Waals surface area contributed by atoms with Crippen LogP contribution in [-0.4, -0.2) is 32.7 Å². The lowest BCUT2D eigenvalue weighted by atomic mass is 10.1.